The Morgan fingerprint density at radius 3 is 2.61 bits per heavy atom. The number of nitrogens with one attached hydrogen (secondary N) is 3. The van der Waals surface area contributed by atoms with Gasteiger partial charge in [-0.1, -0.05) is 11.6 Å². The SMILES string of the molecule is CSC1NC(=O)C(Nc2ccc(Cl)cc2)C(O)N1. The van der Waals surface area contributed by atoms with Gasteiger partial charge < -0.3 is 15.7 Å². The first-order chi connectivity index (χ1) is 8.60. The van der Waals surface area contributed by atoms with Crippen LogP contribution >= 0.6 is 23.4 Å². The number of carbonyl (C=O) groups excluding carboxylic acids is 1. The fraction of sp³-hybridized carbons (Fsp3) is 0.364. The van der Waals surface area contributed by atoms with Crippen LogP contribution in [0, 0.1) is 0 Å². The highest BCUT2D eigenvalue weighted by Gasteiger charge is 2.34. The van der Waals surface area contributed by atoms with Crippen molar-refractivity contribution in [1.82, 2.24) is 10.6 Å². The molecular formula is C11H14ClN3O2S. The molecule has 18 heavy (non-hydrogen) atoms. The largest absolute Gasteiger partial charge is 0.376 e. The fourth-order valence-electron chi connectivity index (χ4n) is 1.65. The molecule has 1 amide bonds. The van der Waals surface area contributed by atoms with Gasteiger partial charge in [0.25, 0.3) is 0 Å². The predicted octanol–water partition coefficient (Wildman–Crippen LogP) is 0.805. The summed E-state index contributed by atoms with van der Waals surface area (Å²) in [4.78, 5) is 11.8. The molecule has 0 aromatic heterocycles. The third-order valence-electron chi connectivity index (χ3n) is 2.60. The summed E-state index contributed by atoms with van der Waals surface area (Å²) in [5.41, 5.74) is 0.457. The van der Waals surface area contributed by atoms with E-state index in [-0.39, 0.29) is 11.4 Å². The van der Waals surface area contributed by atoms with Crippen LogP contribution in [0.15, 0.2) is 24.3 Å². The van der Waals surface area contributed by atoms with Crippen molar-refractivity contribution >= 4 is 35.0 Å². The highest BCUT2D eigenvalue weighted by Crippen LogP contribution is 2.17. The smallest absolute Gasteiger partial charge is 0.248 e. The molecule has 0 saturated carbocycles. The van der Waals surface area contributed by atoms with Gasteiger partial charge in [0.15, 0.2) is 0 Å². The van der Waals surface area contributed by atoms with E-state index in [1.165, 1.54) is 11.8 Å². The summed E-state index contributed by atoms with van der Waals surface area (Å²) in [7, 11) is 0. The molecule has 0 aliphatic carbocycles. The Hall–Kier alpha value is -0.950. The quantitative estimate of drug-likeness (QED) is 0.662. The molecule has 98 valence electrons. The summed E-state index contributed by atoms with van der Waals surface area (Å²) in [6, 6.07) is 6.21. The van der Waals surface area contributed by atoms with E-state index in [9.17, 15) is 9.90 Å². The van der Waals surface area contributed by atoms with Crippen LogP contribution < -0.4 is 16.0 Å². The lowest BCUT2D eigenvalue weighted by atomic mass is 10.2. The molecule has 1 aromatic rings. The number of halogens is 1. The third-order valence-corrected chi connectivity index (χ3v) is 3.57. The van der Waals surface area contributed by atoms with Gasteiger partial charge in [0, 0.05) is 10.7 Å². The first kappa shape index (κ1) is 13.5. The Balaban J connectivity index is 2.04. The Kier molecular flexibility index (Phi) is 4.34. The van der Waals surface area contributed by atoms with Crippen LogP contribution in [0.1, 0.15) is 0 Å². The second-order valence-electron chi connectivity index (χ2n) is 3.86. The number of carbonyl (C=O) groups is 1. The zero-order valence-corrected chi connectivity index (χ0v) is 11.3. The van der Waals surface area contributed by atoms with E-state index in [4.69, 9.17) is 11.6 Å². The van der Waals surface area contributed by atoms with Crippen molar-refractivity contribution in [3.05, 3.63) is 29.3 Å². The Bertz CT molecular complexity index is 429. The molecule has 0 bridgehead atoms. The van der Waals surface area contributed by atoms with Crippen LogP contribution in [0.5, 0.6) is 0 Å². The molecule has 7 heteroatoms. The molecule has 3 atom stereocenters. The van der Waals surface area contributed by atoms with Gasteiger partial charge in [0.05, 0.1) is 0 Å². The average Bonchev–Trinajstić information content (AvgIpc) is 2.35. The topological polar surface area (TPSA) is 73.4 Å². The van der Waals surface area contributed by atoms with Crippen LogP contribution in [0.2, 0.25) is 5.02 Å². The molecule has 1 aliphatic heterocycles. The molecule has 4 N–H and O–H groups in total. The first-order valence-electron chi connectivity index (χ1n) is 5.39. The number of hydrogen-bond donors (Lipinski definition) is 4. The lowest BCUT2D eigenvalue weighted by molar-refractivity contribution is -0.127. The van der Waals surface area contributed by atoms with Gasteiger partial charge >= 0.3 is 0 Å². The maximum absolute atomic E-state index is 11.8. The molecular weight excluding hydrogens is 274 g/mol. The van der Waals surface area contributed by atoms with Gasteiger partial charge in [-0.05, 0) is 30.5 Å². The van der Waals surface area contributed by atoms with E-state index in [2.05, 4.69) is 16.0 Å². The van der Waals surface area contributed by atoms with Gasteiger partial charge in [-0.3, -0.25) is 10.1 Å². The summed E-state index contributed by atoms with van der Waals surface area (Å²) in [5.74, 6) is -0.240. The molecule has 2 rings (SSSR count). The van der Waals surface area contributed by atoms with Crippen molar-refractivity contribution in [1.29, 1.82) is 0 Å². The minimum Gasteiger partial charge on any atom is -0.376 e. The van der Waals surface area contributed by atoms with E-state index in [0.29, 0.717) is 5.02 Å². The van der Waals surface area contributed by atoms with E-state index in [1.54, 1.807) is 24.3 Å². The van der Waals surface area contributed by atoms with Crippen molar-refractivity contribution in [2.45, 2.75) is 17.8 Å². The van der Waals surface area contributed by atoms with Crippen LogP contribution in [0.25, 0.3) is 0 Å². The maximum atomic E-state index is 11.8. The number of aliphatic hydroxyl groups is 1. The van der Waals surface area contributed by atoms with Crippen LogP contribution in [-0.4, -0.2) is 35.0 Å². The third kappa shape index (κ3) is 3.08. The molecule has 1 aliphatic rings. The highest BCUT2D eigenvalue weighted by molar-refractivity contribution is 7.99. The number of hydrogen-bond acceptors (Lipinski definition) is 5. The normalized spacial score (nSPS) is 27.7. The summed E-state index contributed by atoms with van der Waals surface area (Å²) in [6.07, 6.45) is 0.907. The van der Waals surface area contributed by atoms with Gasteiger partial charge in [-0.25, -0.2) is 0 Å². The van der Waals surface area contributed by atoms with Crippen LogP contribution in [0.4, 0.5) is 5.69 Å². The maximum Gasteiger partial charge on any atom is 0.248 e. The Morgan fingerprint density at radius 2 is 2.06 bits per heavy atom. The van der Waals surface area contributed by atoms with Crippen LogP contribution in [0.3, 0.4) is 0 Å². The van der Waals surface area contributed by atoms with Gasteiger partial charge in [-0.2, -0.15) is 0 Å². The van der Waals surface area contributed by atoms with Crippen LogP contribution in [-0.2, 0) is 4.79 Å². The molecule has 1 fully saturated rings. The second kappa shape index (κ2) is 5.79. The van der Waals surface area contributed by atoms with E-state index >= 15 is 0 Å². The average molecular weight is 288 g/mol. The number of rotatable bonds is 3. The van der Waals surface area contributed by atoms with E-state index in [0.717, 1.165) is 5.69 Å². The van der Waals surface area contributed by atoms with E-state index in [1.807, 2.05) is 6.26 Å². The molecule has 1 aromatic carbocycles. The predicted molar refractivity (Wildman–Crippen MR) is 73.5 cm³/mol. The van der Waals surface area contributed by atoms with Crippen molar-refractivity contribution in [2.24, 2.45) is 0 Å². The standard InChI is InChI=1S/C11H14ClN3O2S/c1-18-11-14-9(16)8(10(17)15-11)13-7-4-2-6(12)3-5-7/h2-5,8-9,11,13-14,16H,1H3,(H,15,17). The zero-order chi connectivity index (χ0) is 13.1. The number of thioether (sulfide) groups is 1. The molecule has 3 unspecified atom stereocenters. The Morgan fingerprint density at radius 1 is 1.39 bits per heavy atom. The van der Waals surface area contributed by atoms with Gasteiger partial charge in [-0.15, -0.1) is 11.8 Å². The zero-order valence-electron chi connectivity index (χ0n) is 9.68. The number of benzene rings is 1. The van der Waals surface area contributed by atoms with Crippen molar-refractivity contribution in [3.63, 3.8) is 0 Å². The minimum atomic E-state index is -0.938. The molecule has 5 nitrogen and oxygen atoms in total. The lowest BCUT2D eigenvalue weighted by Crippen LogP contribution is -2.65. The van der Waals surface area contributed by atoms with Crippen molar-refractivity contribution < 1.29 is 9.90 Å². The number of aliphatic hydroxyl groups excluding tert-OH is 1. The summed E-state index contributed by atoms with van der Waals surface area (Å²) in [6.45, 7) is 0. The van der Waals surface area contributed by atoms with Crippen molar-refractivity contribution in [2.75, 3.05) is 11.6 Å². The van der Waals surface area contributed by atoms with Gasteiger partial charge in [0.2, 0.25) is 5.91 Å². The summed E-state index contributed by atoms with van der Waals surface area (Å²) >= 11 is 7.19. The Labute approximate surface area is 114 Å². The lowest BCUT2D eigenvalue weighted by Gasteiger charge is -2.34. The number of amides is 1. The monoisotopic (exact) mass is 287 g/mol. The second-order valence-corrected chi connectivity index (χ2v) is 5.24. The summed E-state index contributed by atoms with van der Waals surface area (Å²) < 4.78 is 0. The highest BCUT2D eigenvalue weighted by atomic mass is 35.5. The molecule has 0 radical (unpaired) electrons. The van der Waals surface area contributed by atoms with E-state index < -0.39 is 12.3 Å². The minimum absolute atomic E-state index is 0.240. The summed E-state index contributed by atoms with van der Waals surface area (Å²) in [5, 5.41) is 19.1. The molecule has 1 saturated heterocycles. The van der Waals surface area contributed by atoms with Gasteiger partial charge in [0.1, 0.15) is 17.8 Å². The first-order valence-corrected chi connectivity index (χ1v) is 7.06. The fourth-order valence-corrected chi connectivity index (χ4v) is 2.29. The van der Waals surface area contributed by atoms with Crippen molar-refractivity contribution in [3.8, 4) is 0 Å². The molecule has 0 spiro atoms. The number of anilines is 1. The molecule has 1 heterocycles.